The number of aryl methyl sites for hydroxylation is 1. The molecule has 0 bridgehead atoms. The van der Waals surface area contributed by atoms with Gasteiger partial charge in [0.05, 0.1) is 21.6 Å². The van der Waals surface area contributed by atoms with Crippen molar-refractivity contribution in [1.82, 2.24) is 4.98 Å². The van der Waals surface area contributed by atoms with Crippen LogP contribution >= 0.6 is 23.1 Å². The normalized spacial score (nSPS) is 19.9. The second-order valence-corrected chi connectivity index (χ2v) is 11.6. The van der Waals surface area contributed by atoms with Crippen LogP contribution < -0.4 is 14.5 Å². The summed E-state index contributed by atoms with van der Waals surface area (Å²) in [6, 6.07) is 16.8. The van der Waals surface area contributed by atoms with E-state index in [1.54, 1.807) is 0 Å². The standard InChI is InChI=1S/C28H20FN3O6S2/c1-14-4-2-3-5-15(14)13-38-20-11-10-18(32(36)37)12-19(20)21-22-24(39-25-23(21)40-28(35)30-25)27(34)31(26(22)33)17-8-6-16(29)7-9-17/h2-12,21-22,24H,13H2,1H3,(H,30,35)/t21-,22-,24+/m0/s1. The van der Waals surface area contributed by atoms with Crippen LogP contribution in [0.4, 0.5) is 15.8 Å². The summed E-state index contributed by atoms with van der Waals surface area (Å²) in [6.45, 7) is 2.10. The molecule has 4 aromatic rings. The van der Waals surface area contributed by atoms with Crippen molar-refractivity contribution in [2.45, 2.75) is 29.7 Å². The van der Waals surface area contributed by atoms with Gasteiger partial charge in [0.15, 0.2) is 0 Å². The third kappa shape index (κ3) is 4.38. The Morgan fingerprint density at radius 2 is 1.80 bits per heavy atom. The van der Waals surface area contributed by atoms with Crippen LogP contribution in [0, 0.1) is 28.8 Å². The number of nitrogens with one attached hydrogen (secondary N) is 1. The smallest absolute Gasteiger partial charge is 0.305 e. The third-order valence-corrected chi connectivity index (χ3v) is 9.49. The number of amides is 2. The predicted molar refractivity (Wildman–Crippen MR) is 147 cm³/mol. The maximum absolute atomic E-state index is 13.9. The monoisotopic (exact) mass is 577 g/mol. The fourth-order valence-corrected chi connectivity index (χ4v) is 7.65. The van der Waals surface area contributed by atoms with Gasteiger partial charge >= 0.3 is 4.87 Å². The Morgan fingerprint density at radius 3 is 2.52 bits per heavy atom. The van der Waals surface area contributed by atoms with Gasteiger partial charge < -0.3 is 9.72 Å². The van der Waals surface area contributed by atoms with Gasteiger partial charge in [-0.25, -0.2) is 9.29 Å². The SMILES string of the molecule is Cc1ccccc1COc1ccc([N+](=O)[O-])cc1[C@@H]1c2sc(=O)[nH]c2S[C@H]2C(=O)N(c3ccc(F)cc3)C(=O)[C@@H]12. The van der Waals surface area contributed by atoms with E-state index in [2.05, 4.69) is 4.98 Å². The van der Waals surface area contributed by atoms with Crippen molar-refractivity contribution < 1.29 is 23.6 Å². The fraction of sp³-hybridized carbons (Fsp3) is 0.179. The molecule has 2 amide bonds. The van der Waals surface area contributed by atoms with Crippen molar-refractivity contribution in [3.8, 4) is 5.75 Å². The number of nitrogens with zero attached hydrogens (tertiary/aromatic N) is 2. The number of halogens is 1. The van der Waals surface area contributed by atoms with E-state index in [0.717, 1.165) is 51.3 Å². The van der Waals surface area contributed by atoms with Gasteiger partial charge in [0.25, 0.3) is 5.69 Å². The van der Waals surface area contributed by atoms with Crippen molar-refractivity contribution in [3.05, 3.63) is 114 Å². The van der Waals surface area contributed by atoms with Crippen LogP contribution in [-0.2, 0) is 16.2 Å². The zero-order valence-corrected chi connectivity index (χ0v) is 22.5. The molecule has 9 nitrogen and oxygen atoms in total. The highest BCUT2D eigenvalue weighted by Gasteiger charge is 2.57. The minimum Gasteiger partial charge on any atom is -0.489 e. The van der Waals surface area contributed by atoms with E-state index in [1.165, 1.54) is 30.3 Å². The topological polar surface area (TPSA) is 123 Å². The van der Waals surface area contributed by atoms with E-state index in [0.29, 0.717) is 21.2 Å². The number of thioether (sulfide) groups is 1. The molecular weight excluding hydrogens is 557 g/mol. The Balaban J connectivity index is 1.48. The van der Waals surface area contributed by atoms with Gasteiger partial charge in [-0.1, -0.05) is 47.4 Å². The number of anilines is 1. The molecule has 202 valence electrons. The number of H-pyrrole nitrogens is 1. The number of ether oxygens (including phenoxy) is 1. The average molecular weight is 578 g/mol. The van der Waals surface area contributed by atoms with Gasteiger partial charge in [0.2, 0.25) is 11.8 Å². The maximum Gasteiger partial charge on any atom is 0.305 e. The quantitative estimate of drug-likeness (QED) is 0.191. The lowest BCUT2D eigenvalue weighted by Crippen LogP contribution is -2.32. The van der Waals surface area contributed by atoms with Crippen molar-refractivity contribution >= 4 is 46.3 Å². The van der Waals surface area contributed by atoms with Crippen LogP contribution in [0.15, 0.2) is 76.6 Å². The molecule has 1 aromatic heterocycles. The second-order valence-electron chi connectivity index (χ2n) is 9.43. The van der Waals surface area contributed by atoms with E-state index in [-0.39, 0.29) is 22.9 Å². The number of thiazole rings is 1. The fourth-order valence-electron chi connectivity index (χ4n) is 5.15. The number of carbonyl (C=O) groups excluding carboxylic acids is 2. The number of fused-ring (bicyclic) bond motifs is 2. The molecule has 1 N–H and O–H groups in total. The number of hydrogen-bond acceptors (Lipinski definition) is 8. The van der Waals surface area contributed by atoms with E-state index in [9.17, 15) is 28.9 Å². The van der Waals surface area contributed by atoms with E-state index in [1.807, 2.05) is 31.2 Å². The Labute approximate surface area is 234 Å². The second kappa shape index (κ2) is 10.0. The first-order valence-corrected chi connectivity index (χ1v) is 13.9. The molecule has 12 heteroatoms. The van der Waals surface area contributed by atoms with E-state index < -0.39 is 39.6 Å². The van der Waals surface area contributed by atoms with Crippen molar-refractivity contribution in [2.75, 3.05) is 4.90 Å². The Hall–Kier alpha value is -4.29. The summed E-state index contributed by atoms with van der Waals surface area (Å²) in [5.74, 6) is -3.12. The zero-order chi connectivity index (χ0) is 28.1. The highest BCUT2D eigenvalue weighted by atomic mass is 32.2. The number of benzene rings is 3. The zero-order valence-electron chi connectivity index (χ0n) is 20.8. The number of aromatic nitrogens is 1. The number of imide groups is 1. The summed E-state index contributed by atoms with van der Waals surface area (Å²) in [5.41, 5.74) is 2.24. The van der Waals surface area contributed by atoms with Gasteiger partial charge in [-0.3, -0.25) is 24.5 Å². The van der Waals surface area contributed by atoms with E-state index >= 15 is 0 Å². The van der Waals surface area contributed by atoms with Crippen molar-refractivity contribution in [3.63, 3.8) is 0 Å². The molecule has 0 spiro atoms. The molecule has 0 saturated carbocycles. The highest BCUT2D eigenvalue weighted by Crippen LogP contribution is 2.55. The molecule has 40 heavy (non-hydrogen) atoms. The van der Waals surface area contributed by atoms with Crippen LogP contribution in [0.5, 0.6) is 5.75 Å². The lowest BCUT2D eigenvalue weighted by atomic mass is 9.82. The number of nitro groups is 1. The van der Waals surface area contributed by atoms with Gasteiger partial charge in [0, 0.05) is 28.5 Å². The molecule has 0 aliphatic carbocycles. The summed E-state index contributed by atoms with van der Waals surface area (Å²) >= 11 is 1.98. The molecule has 1 fully saturated rings. The molecule has 2 aliphatic rings. The van der Waals surface area contributed by atoms with Crippen molar-refractivity contribution in [1.29, 1.82) is 0 Å². The minimum atomic E-state index is -0.982. The molecule has 6 rings (SSSR count). The number of carbonyl (C=O) groups is 2. The predicted octanol–water partition coefficient (Wildman–Crippen LogP) is 5.17. The molecule has 1 saturated heterocycles. The number of rotatable bonds is 6. The first-order valence-electron chi connectivity index (χ1n) is 12.2. The molecule has 3 heterocycles. The third-order valence-electron chi connectivity index (χ3n) is 7.09. The maximum atomic E-state index is 13.9. The van der Waals surface area contributed by atoms with Crippen molar-refractivity contribution in [2.24, 2.45) is 5.92 Å². The van der Waals surface area contributed by atoms with Crippen LogP contribution in [-0.4, -0.2) is 27.0 Å². The lowest BCUT2D eigenvalue weighted by molar-refractivity contribution is -0.385. The molecule has 0 unspecified atom stereocenters. The molecule has 3 aromatic carbocycles. The lowest BCUT2D eigenvalue weighted by Gasteiger charge is -2.30. The molecular formula is C28H20FN3O6S2. The molecule has 2 aliphatic heterocycles. The van der Waals surface area contributed by atoms with Crippen LogP contribution in [0.1, 0.15) is 27.5 Å². The Morgan fingerprint density at radius 1 is 1.05 bits per heavy atom. The Bertz CT molecular complexity index is 1730. The number of aromatic amines is 1. The highest BCUT2D eigenvalue weighted by molar-refractivity contribution is 8.00. The van der Waals surface area contributed by atoms with Gasteiger partial charge in [-0.2, -0.15) is 0 Å². The molecule has 3 atom stereocenters. The molecule has 0 radical (unpaired) electrons. The van der Waals surface area contributed by atoms with E-state index in [4.69, 9.17) is 4.74 Å². The average Bonchev–Trinajstić information content (AvgIpc) is 3.43. The first kappa shape index (κ1) is 26.0. The number of nitro benzene ring substituents is 1. The minimum absolute atomic E-state index is 0.165. The largest absolute Gasteiger partial charge is 0.489 e. The van der Waals surface area contributed by atoms with Gasteiger partial charge in [-0.05, 0) is 48.4 Å². The first-order chi connectivity index (χ1) is 19.2. The number of non-ortho nitro benzene ring substituents is 1. The van der Waals surface area contributed by atoms with Crippen LogP contribution in [0.25, 0.3) is 0 Å². The summed E-state index contributed by atoms with van der Waals surface area (Å²) in [6.07, 6.45) is 0. The van der Waals surface area contributed by atoms with Crippen LogP contribution in [0.2, 0.25) is 0 Å². The summed E-state index contributed by atoms with van der Waals surface area (Å²) < 4.78 is 19.8. The summed E-state index contributed by atoms with van der Waals surface area (Å²) in [5, 5.41) is 11.3. The van der Waals surface area contributed by atoms with Gasteiger partial charge in [0.1, 0.15) is 23.4 Å². The Kier molecular flexibility index (Phi) is 6.51. The summed E-state index contributed by atoms with van der Waals surface area (Å²) in [4.78, 5) is 55.1. The number of hydrogen-bond donors (Lipinski definition) is 1. The van der Waals surface area contributed by atoms with Crippen LogP contribution in [0.3, 0.4) is 0 Å². The summed E-state index contributed by atoms with van der Waals surface area (Å²) in [7, 11) is 0. The van der Waals surface area contributed by atoms with Gasteiger partial charge in [-0.15, -0.1) is 0 Å².